The van der Waals surface area contributed by atoms with Gasteiger partial charge in [0.05, 0.1) is 4.91 Å². The van der Waals surface area contributed by atoms with Crippen molar-refractivity contribution < 1.29 is 19.4 Å². The molecule has 0 saturated carbocycles. The summed E-state index contributed by atoms with van der Waals surface area (Å²) in [6.45, 7) is 0.300. The molecule has 2 heterocycles. The standard InChI is InChI=1S/C23H19NO4S2/c25-20(26)11-6-12-24-22(27)19(30-23(24)29)14-17-13-16-9-4-5-10-18(16)28-21(17)15-7-2-1-3-8-15/h1-5,7-10,13-14,21H,6,11-12H2,(H,25,26). The predicted octanol–water partition coefficient (Wildman–Crippen LogP) is 4.81. The number of carbonyl (C=O) groups excluding carboxylic acids is 1. The van der Waals surface area contributed by atoms with Crippen LogP contribution >= 0.6 is 24.0 Å². The number of nitrogens with zero attached hydrogens (tertiary/aromatic N) is 1. The number of ether oxygens (including phenoxy) is 1. The molecule has 1 saturated heterocycles. The number of rotatable bonds is 6. The highest BCUT2D eigenvalue weighted by atomic mass is 32.2. The van der Waals surface area contributed by atoms with Crippen LogP contribution in [0.5, 0.6) is 5.75 Å². The second kappa shape index (κ2) is 8.85. The third-order valence-corrected chi connectivity index (χ3v) is 6.21. The predicted molar refractivity (Wildman–Crippen MR) is 121 cm³/mol. The van der Waals surface area contributed by atoms with Crippen molar-refractivity contribution in [1.82, 2.24) is 4.90 Å². The monoisotopic (exact) mass is 437 g/mol. The van der Waals surface area contributed by atoms with Crippen LogP contribution in [0.2, 0.25) is 0 Å². The highest BCUT2D eigenvalue weighted by molar-refractivity contribution is 8.26. The first-order chi connectivity index (χ1) is 14.5. The number of thiocarbonyl (C=S) groups is 1. The topological polar surface area (TPSA) is 66.8 Å². The van der Waals surface area contributed by atoms with Gasteiger partial charge >= 0.3 is 5.97 Å². The fourth-order valence-electron chi connectivity index (χ4n) is 3.40. The summed E-state index contributed by atoms with van der Waals surface area (Å²) in [5.74, 6) is -0.281. The molecule has 2 aromatic carbocycles. The Morgan fingerprint density at radius 2 is 1.90 bits per heavy atom. The Kier molecular flexibility index (Phi) is 6.01. The molecule has 4 rings (SSSR count). The van der Waals surface area contributed by atoms with Gasteiger partial charge in [0.2, 0.25) is 0 Å². The SMILES string of the molecule is O=C(O)CCCN1C(=O)C(=CC2=Cc3ccccc3OC2c2ccccc2)SC1=S. The molecule has 2 aromatic rings. The summed E-state index contributed by atoms with van der Waals surface area (Å²) in [5, 5.41) is 8.83. The molecule has 0 aromatic heterocycles. The number of carboxylic acid groups (broad SMARTS) is 1. The van der Waals surface area contributed by atoms with E-state index in [9.17, 15) is 9.59 Å². The van der Waals surface area contributed by atoms with Crippen molar-refractivity contribution in [1.29, 1.82) is 0 Å². The fraction of sp³-hybridized carbons (Fsp3) is 0.174. The first kappa shape index (κ1) is 20.4. The summed E-state index contributed by atoms with van der Waals surface area (Å²) in [5.41, 5.74) is 2.81. The number of hydrogen-bond acceptors (Lipinski definition) is 5. The smallest absolute Gasteiger partial charge is 0.303 e. The van der Waals surface area contributed by atoms with E-state index in [1.165, 1.54) is 16.7 Å². The molecule has 2 aliphatic rings. The van der Waals surface area contributed by atoms with Crippen LogP contribution < -0.4 is 4.74 Å². The Hall–Kier alpha value is -2.90. The number of para-hydroxylation sites is 1. The van der Waals surface area contributed by atoms with Crippen molar-refractivity contribution in [2.24, 2.45) is 0 Å². The van der Waals surface area contributed by atoms with Gasteiger partial charge in [-0.2, -0.15) is 0 Å². The van der Waals surface area contributed by atoms with Crippen molar-refractivity contribution in [2.45, 2.75) is 18.9 Å². The quantitative estimate of drug-likeness (QED) is 0.517. The Labute approximate surface area is 184 Å². The summed E-state index contributed by atoms with van der Waals surface area (Å²) in [7, 11) is 0. The molecule has 0 aliphatic carbocycles. The maximum atomic E-state index is 12.9. The minimum Gasteiger partial charge on any atom is -0.481 e. The first-order valence-electron chi connectivity index (χ1n) is 9.52. The number of carboxylic acids is 1. The van der Waals surface area contributed by atoms with Crippen LogP contribution in [0.3, 0.4) is 0 Å². The zero-order chi connectivity index (χ0) is 21.1. The summed E-state index contributed by atoms with van der Waals surface area (Å²) in [4.78, 5) is 25.6. The molecule has 1 atom stereocenters. The second-order valence-corrected chi connectivity index (χ2v) is 8.60. The fourth-order valence-corrected chi connectivity index (χ4v) is 4.70. The molecule has 5 nitrogen and oxygen atoms in total. The van der Waals surface area contributed by atoms with Gasteiger partial charge in [0, 0.05) is 18.5 Å². The van der Waals surface area contributed by atoms with E-state index in [4.69, 9.17) is 22.1 Å². The molecule has 0 spiro atoms. The van der Waals surface area contributed by atoms with Crippen molar-refractivity contribution in [3.8, 4) is 5.75 Å². The number of aliphatic carboxylic acids is 1. The Balaban J connectivity index is 1.64. The van der Waals surface area contributed by atoms with Crippen LogP contribution in [0.15, 0.2) is 71.2 Å². The van der Waals surface area contributed by atoms with Gasteiger partial charge < -0.3 is 9.84 Å². The third-order valence-electron chi connectivity index (χ3n) is 4.83. The number of thioether (sulfide) groups is 1. The zero-order valence-corrected chi connectivity index (χ0v) is 17.6. The first-order valence-corrected chi connectivity index (χ1v) is 10.7. The molecule has 1 fully saturated rings. The largest absolute Gasteiger partial charge is 0.481 e. The van der Waals surface area contributed by atoms with E-state index in [0.29, 0.717) is 22.2 Å². The molecule has 152 valence electrons. The van der Waals surface area contributed by atoms with Gasteiger partial charge in [-0.25, -0.2) is 0 Å². The lowest BCUT2D eigenvalue weighted by Crippen LogP contribution is -2.29. The van der Waals surface area contributed by atoms with E-state index in [1.807, 2.05) is 66.7 Å². The number of amides is 1. The summed E-state index contributed by atoms with van der Waals surface area (Å²) in [6.07, 6.45) is 3.90. The van der Waals surface area contributed by atoms with E-state index in [1.54, 1.807) is 0 Å². The van der Waals surface area contributed by atoms with E-state index in [-0.39, 0.29) is 18.4 Å². The van der Waals surface area contributed by atoms with Crippen LogP contribution in [0.1, 0.15) is 30.1 Å². The van der Waals surface area contributed by atoms with Crippen molar-refractivity contribution >= 4 is 46.3 Å². The van der Waals surface area contributed by atoms with Gasteiger partial charge in [-0.15, -0.1) is 0 Å². The van der Waals surface area contributed by atoms with Gasteiger partial charge in [-0.1, -0.05) is 72.5 Å². The number of fused-ring (bicyclic) bond motifs is 1. The molecule has 1 amide bonds. The van der Waals surface area contributed by atoms with Gasteiger partial charge in [-0.3, -0.25) is 14.5 Å². The van der Waals surface area contributed by atoms with E-state index in [0.717, 1.165) is 22.4 Å². The summed E-state index contributed by atoms with van der Waals surface area (Å²) >= 11 is 6.59. The highest BCUT2D eigenvalue weighted by Crippen LogP contribution is 2.40. The average molecular weight is 438 g/mol. The molecule has 2 aliphatic heterocycles. The van der Waals surface area contributed by atoms with Crippen LogP contribution in [0.4, 0.5) is 0 Å². The maximum Gasteiger partial charge on any atom is 0.303 e. The summed E-state index contributed by atoms with van der Waals surface area (Å²) < 4.78 is 6.73. The van der Waals surface area contributed by atoms with Crippen molar-refractivity contribution in [2.75, 3.05) is 6.54 Å². The number of benzene rings is 2. The second-order valence-electron chi connectivity index (χ2n) is 6.92. The molecular weight excluding hydrogens is 418 g/mol. The Bertz CT molecular complexity index is 1060. The lowest BCUT2D eigenvalue weighted by molar-refractivity contribution is -0.137. The normalized spacial score (nSPS) is 19.5. The molecule has 0 bridgehead atoms. The van der Waals surface area contributed by atoms with Gasteiger partial charge in [0.15, 0.2) is 0 Å². The van der Waals surface area contributed by atoms with Crippen LogP contribution in [0.25, 0.3) is 6.08 Å². The van der Waals surface area contributed by atoms with Crippen molar-refractivity contribution in [3.05, 3.63) is 82.3 Å². The molecule has 1 unspecified atom stereocenters. The Morgan fingerprint density at radius 3 is 2.67 bits per heavy atom. The van der Waals surface area contributed by atoms with Gasteiger partial charge in [0.1, 0.15) is 16.2 Å². The molecule has 30 heavy (non-hydrogen) atoms. The lowest BCUT2D eigenvalue weighted by atomic mass is 9.95. The Morgan fingerprint density at radius 1 is 1.17 bits per heavy atom. The minimum atomic E-state index is -0.884. The highest BCUT2D eigenvalue weighted by Gasteiger charge is 2.33. The van der Waals surface area contributed by atoms with E-state index >= 15 is 0 Å². The van der Waals surface area contributed by atoms with Gasteiger partial charge in [0.25, 0.3) is 5.91 Å². The van der Waals surface area contributed by atoms with Crippen LogP contribution in [-0.4, -0.2) is 32.7 Å². The maximum absolute atomic E-state index is 12.9. The van der Waals surface area contributed by atoms with Gasteiger partial charge in [-0.05, 0) is 35.8 Å². The molecule has 7 heteroatoms. The summed E-state index contributed by atoms with van der Waals surface area (Å²) in [6, 6.07) is 17.6. The number of hydrogen-bond donors (Lipinski definition) is 1. The number of carbonyl (C=O) groups is 2. The molecular formula is C23H19NO4S2. The molecule has 0 radical (unpaired) electrons. The van der Waals surface area contributed by atoms with Crippen LogP contribution in [0, 0.1) is 0 Å². The van der Waals surface area contributed by atoms with E-state index < -0.39 is 5.97 Å². The average Bonchev–Trinajstić information content (AvgIpc) is 3.01. The van der Waals surface area contributed by atoms with Crippen molar-refractivity contribution in [3.63, 3.8) is 0 Å². The third kappa shape index (κ3) is 4.32. The lowest BCUT2D eigenvalue weighted by Gasteiger charge is -2.26. The van der Waals surface area contributed by atoms with Crippen LogP contribution in [-0.2, 0) is 9.59 Å². The molecule has 1 N–H and O–H groups in total. The minimum absolute atomic E-state index is 0.00195. The zero-order valence-electron chi connectivity index (χ0n) is 16.0. The van der Waals surface area contributed by atoms with E-state index in [2.05, 4.69) is 0 Å².